The van der Waals surface area contributed by atoms with E-state index in [0.29, 0.717) is 35.3 Å². The van der Waals surface area contributed by atoms with Crippen molar-refractivity contribution < 1.29 is 39.1 Å². The number of rotatable bonds is 18. The van der Waals surface area contributed by atoms with Crippen molar-refractivity contribution in [1.29, 1.82) is 0 Å². The number of ether oxygens (including phenoxy) is 3. The Morgan fingerprint density at radius 1 is 0.881 bits per heavy atom. The molecule has 310 valence electrons. The van der Waals surface area contributed by atoms with Crippen molar-refractivity contribution in [3.63, 3.8) is 0 Å². The molecule has 2 heterocycles. The van der Waals surface area contributed by atoms with E-state index in [1.54, 1.807) is 66.7 Å². The number of unbranched alkanes of at least 4 members (excludes halogenated alkanes) is 3. The Hall–Kier alpha value is -6.40. The summed E-state index contributed by atoms with van der Waals surface area (Å²) in [5.74, 6) is 0.628. The maximum Gasteiger partial charge on any atom is 0.330 e. The van der Waals surface area contributed by atoms with Crippen LogP contribution in [-0.2, 0) is 15.0 Å². The van der Waals surface area contributed by atoms with Gasteiger partial charge >= 0.3 is 11.4 Å². The molecule has 0 bridgehead atoms. The minimum atomic E-state index is -1.78. The third kappa shape index (κ3) is 8.31. The Bertz CT molecular complexity index is 2320. The van der Waals surface area contributed by atoms with Crippen LogP contribution in [0.25, 0.3) is 0 Å². The van der Waals surface area contributed by atoms with E-state index in [0.717, 1.165) is 46.9 Å². The van der Waals surface area contributed by atoms with Gasteiger partial charge in [0.05, 0.1) is 35.5 Å². The molecule has 17 heteroatoms. The van der Waals surface area contributed by atoms with Crippen molar-refractivity contribution in [3.05, 3.63) is 167 Å². The second-order valence-corrected chi connectivity index (χ2v) is 13.9. The fourth-order valence-corrected chi connectivity index (χ4v) is 7.77. The van der Waals surface area contributed by atoms with Gasteiger partial charge in [-0.1, -0.05) is 99.0 Å². The van der Waals surface area contributed by atoms with Crippen LogP contribution < -0.4 is 25.8 Å². The van der Waals surface area contributed by atoms with Crippen LogP contribution in [0.1, 0.15) is 55.5 Å². The number of aliphatic hydroxyl groups is 2. The number of aromatic nitrogens is 2. The van der Waals surface area contributed by atoms with E-state index in [1.807, 2.05) is 19.1 Å². The van der Waals surface area contributed by atoms with E-state index in [4.69, 9.17) is 19.0 Å². The summed E-state index contributed by atoms with van der Waals surface area (Å²) in [5, 5.41) is 50.9. The van der Waals surface area contributed by atoms with Crippen LogP contribution in [0.3, 0.4) is 0 Å². The predicted molar refractivity (Wildman–Crippen MR) is 216 cm³/mol. The Morgan fingerprint density at radius 3 is 2.14 bits per heavy atom. The number of methoxy groups -OCH3 is 2. The normalized spacial score (nSPS) is 18.3. The molecule has 1 fully saturated rings. The molecule has 17 nitrogen and oxygen atoms in total. The lowest BCUT2D eigenvalue weighted by Gasteiger charge is -2.43. The molecule has 1 aliphatic rings. The zero-order chi connectivity index (χ0) is 42.3. The summed E-state index contributed by atoms with van der Waals surface area (Å²) in [5.41, 5.74) is -3.02. The van der Waals surface area contributed by atoms with Crippen LogP contribution in [0.5, 0.6) is 11.5 Å². The third-order valence-electron chi connectivity index (χ3n) is 10.5. The first kappa shape index (κ1) is 42.2. The lowest BCUT2D eigenvalue weighted by Crippen LogP contribution is -2.53. The first-order valence-electron chi connectivity index (χ1n) is 19.0. The molecule has 1 saturated heterocycles. The largest absolute Gasteiger partial charge is 0.493 e. The Morgan fingerprint density at radius 2 is 1.56 bits per heavy atom. The topological polar surface area (TPSA) is 222 Å². The number of non-ortho nitro benzene ring substituents is 1. The number of anilines is 1. The first-order chi connectivity index (χ1) is 28.5. The highest BCUT2D eigenvalue weighted by atomic mass is 16.7. The van der Waals surface area contributed by atoms with Crippen molar-refractivity contribution in [3.8, 4) is 11.5 Å². The molecule has 3 N–H and O–H groups in total. The summed E-state index contributed by atoms with van der Waals surface area (Å²) in [6.07, 6.45) is -4.26. The Labute approximate surface area is 338 Å². The maximum atomic E-state index is 13.4. The summed E-state index contributed by atoms with van der Waals surface area (Å²) in [4.78, 5) is 56.8. The van der Waals surface area contributed by atoms with E-state index >= 15 is 0 Å². The molecular formula is C42H45N5O12. The van der Waals surface area contributed by atoms with Gasteiger partial charge in [0.1, 0.15) is 24.0 Å². The average Bonchev–Trinajstić information content (AvgIpc) is 3.56. The zero-order valence-electron chi connectivity index (χ0n) is 32.6. The van der Waals surface area contributed by atoms with Gasteiger partial charge in [0.15, 0.2) is 23.8 Å². The molecular weight excluding hydrogens is 766 g/mol. The molecule has 0 aliphatic carbocycles. The van der Waals surface area contributed by atoms with Crippen LogP contribution in [0.2, 0.25) is 0 Å². The van der Waals surface area contributed by atoms with Gasteiger partial charge in [0.2, 0.25) is 0 Å². The van der Waals surface area contributed by atoms with Crippen LogP contribution >= 0.6 is 0 Å². The van der Waals surface area contributed by atoms with Gasteiger partial charge in [0.25, 0.3) is 11.2 Å². The third-order valence-corrected chi connectivity index (χ3v) is 10.5. The SMILES string of the molecule is CCCCCCN(O[C@@H]1[C@H](O)[C@@H](C(O)C(c2ccccc2)(c2ccccc2)c2cccc(OC)c2OC)O[C@H]1n1ccc(=O)[nH]c1=O)c1ccc([N+](=O)[O-])cc1[N+](=O)[O-]. The number of nitrogens with one attached hydrogen (secondary N) is 1. The number of hydrogen-bond acceptors (Lipinski definition) is 13. The van der Waals surface area contributed by atoms with Crippen LogP contribution in [0, 0.1) is 20.2 Å². The second-order valence-electron chi connectivity index (χ2n) is 13.9. The molecule has 59 heavy (non-hydrogen) atoms. The lowest BCUT2D eigenvalue weighted by molar-refractivity contribution is -0.393. The number of nitrogens with zero attached hydrogens (tertiary/aromatic N) is 4. The molecule has 1 unspecified atom stereocenters. The van der Waals surface area contributed by atoms with Gasteiger partial charge in [-0.15, -0.1) is 0 Å². The zero-order valence-corrected chi connectivity index (χ0v) is 32.6. The number of H-pyrrole nitrogens is 1. The molecule has 1 aromatic heterocycles. The molecule has 5 atom stereocenters. The number of nitro groups is 2. The fraction of sp³-hybridized carbons (Fsp3) is 0.333. The minimum absolute atomic E-state index is 0.0152. The number of hydroxylamine groups is 1. The predicted octanol–water partition coefficient (Wildman–Crippen LogP) is 5.41. The maximum absolute atomic E-state index is 13.4. The fourth-order valence-electron chi connectivity index (χ4n) is 7.77. The number of hydrogen-bond donors (Lipinski definition) is 3. The van der Waals surface area contributed by atoms with Gasteiger partial charge in [-0.05, 0) is 29.7 Å². The molecule has 0 amide bonds. The van der Waals surface area contributed by atoms with E-state index in [2.05, 4.69) is 4.98 Å². The first-order valence-corrected chi connectivity index (χ1v) is 19.0. The van der Waals surface area contributed by atoms with Gasteiger partial charge in [-0.25, -0.2) is 9.86 Å². The lowest BCUT2D eigenvalue weighted by atomic mass is 9.63. The van der Waals surface area contributed by atoms with Gasteiger partial charge < -0.3 is 24.4 Å². The second kappa shape index (κ2) is 18.5. The summed E-state index contributed by atoms with van der Waals surface area (Å²) < 4.78 is 19.2. The monoisotopic (exact) mass is 811 g/mol. The molecule has 5 aromatic rings. The number of benzene rings is 4. The number of para-hydroxylation sites is 1. The van der Waals surface area contributed by atoms with Crippen LogP contribution in [-0.4, -0.2) is 74.8 Å². The van der Waals surface area contributed by atoms with E-state index in [9.17, 15) is 40.0 Å². The number of aromatic amines is 1. The standard InChI is InChI=1S/C42H45N5O12/c1-4-5-6-13-24-45(31-22-21-29(46(52)53)26-32(31)47(54)55)59-38-35(49)37(58-40(38)44-25-23-34(48)43-41(44)51)39(50)42(27-15-9-7-10-16-27,28-17-11-8-12-18-28)30-19-14-20-33(56-2)36(30)57-3/h7-12,14-23,25-26,35,37-40,49-50H,4-6,13,24H2,1-3H3,(H,43,48,51)/t35-,37+,38-,39?,40-/m1/s1. The number of nitro benzene ring substituents is 2. The van der Waals surface area contributed by atoms with Gasteiger partial charge in [-0.2, -0.15) is 0 Å². The van der Waals surface area contributed by atoms with Gasteiger partial charge in [-0.3, -0.25) is 39.4 Å². The van der Waals surface area contributed by atoms with E-state index in [-0.39, 0.29) is 18.0 Å². The molecule has 6 rings (SSSR count). The highest BCUT2D eigenvalue weighted by molar-refractivity contribution is 5.66. The van der Waals surface area contributed by atoms with E-state index < -0.39 is 68.5 Å². The van der Waals surface area contributed by atoms with Gasteiger partial charge in [0, 0.05) is 30.4 Å². The molecule has 4 aromatic carbocycles. The van der Waals surface area contributed by atoms with Crippen molar-refractivity contribution >= 4 is 17.1 Å². The average molecular weight is 812 g/mol. The Kier molecular flexibility index (Phi) is 13.2. The van der Waals surface area contributed by atoms with Crippen LogP contribution in [0.4, 0.5) is 17.1 Å². The smallest absolute Gasteiger partial charge is 0.330 e. The van der Waals surface area contributed by atoms with Crippen molar-refractivity contribution in [2.24, 2.45) is 0 Å². The molecule has 0 spiro atoms. The van der Waals surface area contributed by atoms with Crippen molar-refractivity contribution in [2.75, 3.05) is 25.8 Å². The summed E-state index contributed by atoms with van der Waals surface area (Å²) in [7, 11) is 2.94. The highest BCUT2D eigenvalue weighted by Crippen LogP contribution is 2.51. The summed E-state index contributed by atoms with van der Waals surface area (Å²) in [6.45, 7) is 2.02. The quantitative estimate of drug-likeness (QED) is 0.0437. The van der Waals surface area contributed by atoms with Crippen molar-refractivity contribution in [1.82, 2.24) is 9.55 Å². The molecule has 0 radical (unpaired) electrons. The Balaban J connectivity index is 1.56. The highest BCUT2D eigenvalue weighted by Gasteiger charge is 2.57. The molecule has 1 aliphatic heterocycles. The van der Waals surface area contributed by atoms with Crippen molar-refractivity contribution in [2.45, 2.75) is 68.7 Å². The summed E-state index contributed by atoms with van der Waals surface area (Å²) in [6, 6.07) is 27.4. The van der Waals surface area contributed by atoms with Crippen LogP contribution in [0.15, 0.2) is 119 Å². The van der Waals surface area contributed by atoms with E-state index in [1.165, 1.54) is 20.3 Å². The molecule has 0 saturated carbocycles. The summed E-state index contributed by atoms with van der Waals surface area (Å²) >= 11 is 0. The number of aliphatic hydroxyl groups excluding tert-OH is 2. The minimum Gasteiger partial charge on any atom is -0.493 e.